The Labute approximate surface area is 154 Å². The highest BCUT2D eigenvalue weighted by molar-refractivity contribution is 6.08. The van der Waals surface area contributed by atoms with Crippen LogP contribution in [0.25, 0.3) is 0 Å². The van der Waals surface area contributed by atoms with Crippen molar-refractivity contribution in [1.82, 2.24) is 4.90 Å². The second kappa shape index (κ2) is 13.8. The first-order valence-electron chi connectivity index (χ1n) is 8.88. The minimum Gasteiger partial charge on any atom is -0.481 e. The lowest BCUT2D eigenvalue weighted by Crippen LogP contribution is -2.49. The first-order chi connectivity index (χ1) is 12.4. The zero-order chi connectivity index (χ0) is 19.9. The van der Waals surface area contributed by atoms with E-state index in [1.807, 2.05) is 13.8 Å². The van der Waals surface area contributed by atoms with E-state index in [4.69, 9.17) is 5.11 Å². The summed E-state index contributed by atoms with van der Waals surface area (Å²) in [5, 5.41) is 9.04. The molecule has 146 valence electrons. The zero-order valence-electron chi connectivity index (χ0n) is 15.8. The Morgan fingerprint density at radius 3 is 1.77 bits per heavy atom. The number of hydrogen-bond donors (Lipinski definition) is 1. The Morgan fingerprint density at radius 1 is 0.962 bits per heavy atom. The van der Waals surface area contributed by atoms with E-state index in [0.29, 0.717) is 17.7 Å². The molecule has 0 radical (unpaired) electrons. The molecule has 1 N–H and O–H groups in total. The van der Waals surface area contributed by atoms with E-state index < -0.39 is 36.2 Å². The van der Waals surface area contributed by atoms with Crippen molar-refractivity contribution in [3.05, 3.63) is 24.3 Å². The molecule has 0 aliphatic carbocycles. The van der Waals surface area contributed by atoms with Gasteiger partial charge in [-0.15, -0.1) is 0 Å². The smallest absolute Gasteiger partial charge is 0.329 e. The van der Waals surface area contributed by atoms with Crippen molar-refractivity contribution in [2.75, 3.05) is 7.11 Å². The van der Waals surface area contributed by atoms with Crippen molar-refractivity contribution in [3.8, 4) is 0 Å². The quantitative estimate of drug-likeness (QED) is 0.323. The number of allylic oxidation sites excluding steroid dienone is 2. The molecule has 26 heavy (non-hydrogen) atoms. The topological polar surface area (TPSA) is 101 Å². The Hall–Kier alpha value is -2.44. The number of carbonyl (C=O) groups is 4. The Kier molecular flexibility index (Phi) is 12.5. The van der Waals surface area contributed by atoms with Crippen LogP contribution in [0.5, 0.6) is 0 Å². The Balaban J connectivity index is 5.52. The van der Waals surface area contributed by atoms with Crippen molar-refractivity contribution in [1.29, 1.82) is 0 Å². The number of carboxylic acid groups (broad SMARTS) is 1. The van der Waals surface area contributed by atoms with Crippen LogP contribution < -0.4 is 0 Å². The van der Waals surface area contributed by atoms with Crippen LogP contribution in [-0.2, 0) is 23.9 Å². The summed E-state index contributed by atoms with van der Waals surface area (Å²) in [4.78, 5) is 48.6. The monoisotopic (exact) mass is 367 g/mol. The number of nitrogens with zero attached hydrogens (tertiary/aromatic N) is 1. The van der Waals surface area contributed by atoms with Crippen molar-refractivity contribution >= 4 is 23.8 Å². The van der Waals surface area contributed by atoms with Gasteiger partial charge in [-0.25, -0.2) is 4.79 Å². The van der Waals surface area contributed by atoms with Gasteiger partial charge in [-0.1, -0.05) is 51.7 Å². The molecular formula is C19H29NO6. The lowest BCUT2D eigenvalue weighted by atomic mass is 10.1. The lowest BCUT2D eigenvalue weighted by molar-refractivity contribution is -0.159. The van der Waals surface area contributed by atoms with E-state index >= 15 is 0 Å². The van der Waals surface area contributed by atoms with Crippen molar-refractivity contribution < 1.29 is 29.0 Å². The minimum atomic E-state index is -1.51. The summed E-state index contributed by atoms with van der Waals surface area (Å²) in [6, 6.07) is -1.51. The van der Waals surface area contributed by atoms with E-state index in [2.05, 4.69) is 4.74 Å². The molecule has 0 fully saturated rings. The largest absolute Gasteiger partial charge is 0.481 e. The van der Waals surface area contributed by atoms with Crippen LogP contribution in [0.4, 0.5) is 0 Å². The van der Waals surface area contributed by atoms with E-state index in [9.17, 15) is 19.2 Å². The zero-order valence-corrected chi connectivity index (χ0v) is 15.8. The number of methoxy groups -OCH3 is 1. The Bertz CT molecular complexity index is 508. The number of carbonyl (C=O) groups excluding carboxylic acids is 3. The molecule has 1 atom stereocenters. The number of amides is 2. The normalized spacial score (nSPS) is 12.3. The van der Waals surface area contributed by atoms with Gasteiger partial charge < -0.3 is 9.84 Å². The molecule has 0 aromatic carbocycles. The van der Waals surface area contributed by atoms with Crippen LogP contribution >= 0.6 is 0 Å². The fourth-order valence-electron chi connectivity index (χ4n) is 2.17. The molecule has 0 rings (SSSR count). The maximum absolute atomic E-state index is 12.5. The van der Waals surface area contributed by atoms with Gasteiger partial charge in [0.1, 0.15) is 6.04 Å². The molecule has 0 spiro atoms. The van der Waals surface area contributed by atoms with Crippen LogP contribution in [0, 0.1) is 0 Å². The molecule has 1 unspecified atom stereocenters. The molecule has 7 nitrogen and oxygen atoms in total. The van der Waals surface area contributed by atoms with Gasteiger partial charge in [0.25, 0.3) is 11.8 Å². The number of unbranched alkanes of at least 4 members (excludes halogenated alkanes) is 4. The molecule has 0 bridgehead atoms. The molecule has 0 aliphatic rings. The van der Waals surface area contributed by atoms with Crippen molar-refractivity contribution in [2.24, 2.45) is 0 Å². The summed E-state index contributed by atoms with van der Waals surface area (Å²) in [5.74, 6) is -3.72. The van der Waals surface area contributed by atoms with Crippen molar-refractivity contribution in [3.63, 3.8) is 0 Å². The number of ether oxygens (including phenoxy) is 1. The molecule has 0 saturated carbocycles. The van der Waals surface area contributed by atoms with Crippen molar-refractivity contribution in [2.45, 2.75) is 64.8 Å². The van der Waals surface area contributed by atoms with Gasteiger partial charge in [-0.2, -0.15) is 0 Å². The van der Waals surface area contributed by atoms with E-state index in [1.165, 1.54) is 12.2 Å². The van der Waals surface area contributed by atoms with Crippen LogP contribution in [0.3, 0.4) is 0 Å². The van der Waals surface area contributed by atoms with Gasteiger partial charge in [0.05, 0.1) is 13.5 Å². The van der Waals surface area contributed by atoms with Crippen LogP contribution in [0.15, 0.2) is 24.3 Å². The molecule has 0 heterocycles. The van der Waals surface area contributed by atoms with Gasteiger partial charge in [-0.05, 0) is 25.0 Å². The summed E-state index contributed by atoms with van der Waals surface area (Å²) in [6.07, 6.45) is 9.87. The molecule has 0 saturated heterocycles. The first-order valence-corrected chi connectivity index (χ1v) is 8.88. The lowest BCUT2D eigenvalue weighted by Gasteiger charge is -2.25. The predicted molar refractivity (Wildman–Crippen MR) is 97.2 cm³/mol. The highest BCUT2D eigenvalue weighted by Crippen LogP contribution is 2.11. The van der Waals surface area contributed by atoms with E-state index in [-0.39, 0.29) is 0 Å². The Morgan fingerprint density at radius 2 is 1.42 bits per heavy atom. The number of aliphatic carboxylic acids is 1. The average Bonchev–Trinajstić information content (AvgIpc) is 2.60. The van der Waals surface area contributed by atoms with Gasteiger partial charge in [0, 0.05) is 0 Å². The maximum Gasteiger partial charge on any atom is 0.329 e. The second-order valence-electron chi connectivity index (χ2n) is 5.77. The molecular weight excluding hydrogens is 338 g/mol. The SMILES string of the molecule is CCCC/C=C/C(=O)N(C(=O)/C=C/CCCC)C(CC(=O)O)C(=O)OC. The summed E-state index contributed by atoms with van der Waals surface area (Å²) in [7, 11) is 1.08. The number of imide groups is 1. The summed E-state index contributed by atoms with van der Waals surface area (Å²) >= 11 is 0. The van der Waals surface area contributed by atoms with Gasteiger partial charge in [0.15, 0.2) is 0 Å². The summed E-state index contributed by atoms with van der Waals surface area (Å²) in [6.45, 7) is 4.01. The number of rotatable bonds is 12. The number of carboxylic acids is 1. The minimum absolute atomic E-state index is 0.651. The predicted octanol–water partition coefficient (Wildman–Crippen LogP) is 2.85. The third-order valence-electron chi connectivity index (χ3n) is 3.60. The molecule has 7 heteroatoms. The van der Waals surface area contributed by atoms with E-state index in [0.717, 1.165) is 32.8 Å². The summed E-state index contributed by atoms with van der Waals surface area (Å²) < 4.78 is 4.58. The third-order valence-corrected chi connectivity index (χ3v) is 3.60. The van der Waals surface area contributed by atoms with Gasteiger partial charge >= 0.3 is 11.9 Å². The fraction of sp³-hybridized carbons (Fsp3) is 0.579. The van der Waals surface area contributed by atoms with Crippen LogP contribution in [0.1, 0.15) is 58.8 Å². The third kappa shape index (κ3) is 9.15. The van der Waals surface area contributed by atoms with E-state index in [1.54, 1.807) is 12.2 Å². The maximum atomic E-state index is 12.5. The number of esters is 1. The fourth-order valence-corrected chi connectivity index (χ4v) is 2.17. The molecule has 2 amide bonds. The van der Waals surface area contributed by atoms with Crippen LogP contribution in [0.2, 0.25) is 0 Å². The van der Waals surface area contributed by atoms with Gasteiger partial charge in [-0.3, -0.25) is 19.3 Å². The standard InChI is InChI=1S/C19H29NO6/c1-4-6-8-10-12-16(21)20(17(22)13-11-9-7-5-2)15(14-18(23)24)19(25)26-3/h10-13,15H,4-9,14H2,1-3H3,(H,23,24)/b12-10+,13-11+. The highest BCUT2D eigenvalue weighted by Gasteiger charge is 2.35. The molecule has 0 aromatic rings. The highest BCUT2D eigenvalue weighted by atomic mass is 16.5. The first kappa shape index (κ1) is 23.6. The van der Waals surface area contributed by atoms with Gasteiger partial charge in [0.2, 0.25) is 0 Å². The summed E-state index contributed by atoms with van der Waals surface area (Å²) in [5.41, 5.74) is 0. The molecule has 0 aliphatic heterocycles. The number of hydrogen-bond acceptors (Lipinski definition) is 5. The second-order valence-corrected chi connectivity index (χ2v) is 5.77. The molecule has 0 aromatic heterocycles. The van der Waals surface area contributed by atoms with Crippen LogP contribution in [-0.4, -0.2) is 46.9 Å². The average molecular weight is 367 g/mol.